The lowest BCUT2D eigenvalue weighted by molar-refractivity contribution is 0.0610. The highest BCUT2D eigenvalue weighted by Gasteiger charge is 2.32. The van der Waals surface area contributed by atoms with Crippen LogP contribution in [0.5, 0.6) is 5.75 Å². The number of methoxy groups -OCH3 is 1. The summed E-state index contributed by atoms with van der Waals surface area (Å²) >= 11 is 0. The molecule has 0 spiro atoms. The minimum atomic E-state index is -0.304. The van der Waals surface area contributed by atoms with Crippen LogP contribution in [-0.2, 0) is 0 Å². The second kappa shape index (κ2) is 9.43. The number of hydrogen-bond donors (Lipinski definition) is 0. The average Bonchev–Trinajstić information content (AvgIpc) is 2.91. The molecule has 0 bridgehead atoms. The van der Waals surface area contributed by atoms with E-state index >= 15 is 0 Å². The first-order chi connectivity index (χ1) is 17.1. The third-order valence-electron chi connectivity index (χ3n) is 6.25. The van der Waals surface area contributed by atoms with Crippen LogP contribution in [0.15, 0.2) is 91.0 Å². The van der Waals surface area contributed by atoms with E-state index in [-0.39, 0.29) is 24.3 Å². The minimum Gasteiger partial charge on any atom is -0.497 e. The molecule has 35 heavy (non-hydrogen) atoms. The Kier molecular flexibility index (Phi) is 6.02. The molecule has 1 aliphatic heterocycles. The van der Waals surface area contributed by atoms with Crippen molar-refractivity contribution in [1.82, 2.24) is 4.90 Å². The highest BCUT2D eigenvalue weighted by Crippen LogP contribution is 2.30. The maximum Gasteiger partial charge on any atom is 0.261 e. The van der Waals surface area contributed by atoms with Gasteiger partial charge < -0.3 is 9.64 Å². The number of carbonyl (C=O) groups excluding carboxylic acids is 3. The van der Waals surface area contributed by atoms with Crippen LogP contribution in [0.4, 0.5) is 5.69 Å². The predicted molar refractivity (Wildman–Crippen MR) is 135 cm³/mol. The van der Waals surface area contributed by atoms with Gasteiger partial charge in [-0.25, -0.2) is 0 Å². The summed E-state index contributed by atoms with van der Waals surface area (Å²) in [6.45, 7) is 0.523. The molecule has 6 nitrogen and oxygen atoms in total. The molecule has 0 saturated heterocycles. The molecular formula is C29H24N2O4. The Balaban J connectivity index is 1.39. The van der Waals surface area contributed by atoms with E-state index in [0.717, 1.165) is 5.39 Å². The molecule has 0 unspecified atom stereocenters. The van der Waals surface area contributed by atoms with Gasteiger partial charge in [0.1, 0.15) is 5.75 Å². The molecule has 0 atom stereocenters. The summed E-state index contributed by atoms with van der Waals surface area (Å²) in [5.74, 6) is -0.132. The van der Waals surface area contributed by atoms with Gasteiger partial charge >= 0.3 is 0 Å². The predicted octanol–water partition coefficient (Wildman–Crippen LogP) is 5.18. The molecule has 1 heterocycles. The number of carbonyl (C=O) groups is 3. The average molecular weight is 465 g/mol. The van der Waals surface area contributed by atoms with Gasteiger partial charge in [-0.3, -0.25) is 19.3 Å². The van der Waals surface area contributed by atoms with Crippen molar-refractivity contribution in [2.24, 2.45) is 0 Å². The summed E-state index contributed by atoms with van der Waals surface area (Å²) < 4.78 is 5.34. The molecule has 0 radical (unpaired) electrons. The first-order valence-corrected chi connectivity index (χ1v) is 11.5. The van der Waals surface area contributed by atoms with Crippen LogP contribution < -0.4 is 9.64 Å². The molecule has 174 valence electrons. The van der Waals surface area contributed by atoms with Crippen LogP contribution in [-0.4, -0.2) is 42.8 Å². The molecule has 0 aliphatic carbocycles. The molecule has 6 heteroatoms. The van der Waals surface area contributed by atoms with Crippen LogP contribution in [0.1, 0.15) is 37.5 Å². The summed E-state index contributed by atoms with van der Waals surface area (Å²) in [6.07, 6.45) is 0.422. The number of imide groups is 1. The zero-order valence-corrected chi connectivity index (χ0v) is 19.3. The van der Waals surface area contributed by atoms with E-state index < -0.39 is 0 Å². The zero-order chi connectivity index (χ0) is 24.4. The Morgan fingerprint density at radius 3 is 2.14 bits per heavy atom. The van der Waals surface area contributed by atoms with E-state index in [1.807, 2.05) is 60.7 Å². The fourth-order valence-corrected chi connectivity index (χ4v) is 4.53. The van der Waals surface area contributed by atoms with Crippen LogP contribution in [0, 0.1) is 0 Å². The Morgan fingerprint density at radius 2 is 1.49 bits per heavy atom. The van der Waals surface area contributed by atoms with Crippen LogP contribution in [0.3, 0.4) is 0 Å². The van der Waals surface area contributed by atoms with Gasteiger partial charge in [0.05, 0.1) is 7.11 Å². The SMILES string of the molecule is COc1cccc(N(CCCN2C(=O)c3cccc4cccc(c34)C2=O)C(=O)c2ccccc2)c1. The van der Waals surface area contributed by atoms with Crippen molar-refractivity contribution < 1.29 is 19.1 Å². The fourth-order valence-electron chi connectivity index (χ4n) is 4.53. The van der Waals surface area contributed by atoms with Crippen molar-refractivity contribution in [3.63, 3.8) is 0 Å². The molecular weight excluding hydrogens is 440 g/mol. The third-order valence-corrected chi connectivity index (χ3v) is 6.25. The number of rotatable bonds is 7. The van der Waals surface area contributed by atoms with E-state index in [2.05, 4.69) is 0 Å². The molecule has 3 amide bonds. The monoisotopic (exact) mass is 464 g/mol. The molecule has 0 fully saturated rings. The Hall–Kier alpha value is -4.45. The van der Waals surface area contributed by atoms with Gasteiger partial charge in [0.15, 0.2) is 0 Å². The minimum absolute atomic E-state index is 0.162. The Bertz CT molecular complexity index is 1380. The molecule has 0 saturated carbocycles. The number of benzene rings is 4. The van der Waals surface area contributed by atoms with Crippen LogP contribution in [0.2, 0.25) is 0 Å². The third kappa shape index (κ3) is 4.15. The number of hydrogen-bond acceptors (Lipinski definition) is 4. The first kappa shape index (κ1) is 22.3. The van der Waals surface area contributed by atoms with Crippen molar-refractivity contribution in [2.75, 3.05) is 25.1 Å². The quantitative estimate of drug-likeness (QED) is 0.354. The summed E-state index contributed by atoms with van der Waals surface area (Å²) in [7, 11) is 1.58. The van der Waals surface area contributed by atoms with E-state index in [1.54, 1.807) is 42.3 Å². The number of ether oxygens (including phenoxy) is 1. The van der Waals surface area contributed by atoms with E-state index in [4.69, 9.17) is 4.74 Å². The lowest BCUT2D eigenvalue weighted by Crippen LogP contribution is -2.42. The van der Waals surface area contributed by atoms with Gasteiger partial charge in [0.25, 0.3) is 17.7 Å². The summed E-state index contributed by atoms with van der Waals surface area (Å²) in [5.41, 5.74) is 2.30. The summed E-state index contributed by atoms with van der Waals surface area (Å²) in [6, 6.07) is 27.3. The number of nitrogens with zero attached hydrogens (tertiary/aromatic N) is 2. The van der Waals surface area contributed by atoms with Crippen LogP contribution >= 0.6 is 0 Å². The molecule has 4 aromatic rings. The Labute approximate surface area is 203 Å². The van der Waals surface area contributed by atoms with Gasteiger partial charge in [0.2, 0.25) is 0 Å². The first-order valence-electron chi connectivity index (χ1n) is 11.5. The highest BCUT2D eigenvalue weighted by molar-refractivity contribution is 6.25. The lowest BCUT2D eigenvalue weighted by atomic mass is 9.94. The van der Waals surface area contributed by atoms with Crippen molar-refractivity contribution in [2.45, 2.75) is 6.42 Å². The standard InChI is InChI=1S/C29H24N2O4/c1-35-23-14-7-13-22(19-23)30(27(32)21-9-3-2-4-10-21)17-8-18-31-28(33)24-15-5-11-20-12-6-16-25(26(20)24)29(31)34/h2-7,9-16,19H,8,17-18H2,1H3. The van der Waals surface area contributed by atoms with Crippen molar-refractivity contribution in [1.29, 1.82) is 0 Å². The molecule has 1 aliphatic rings. The zero-order valence-electron chi connectivity index (χ0n) is 19.3. The molecule has 4 aromatic carbocycles. The summed E-state index contributed by atoms with van der Waals surface area (Å²) in [4.78, 5) is 42.7. The maximum absolute atomic E-state index is 13.4. The lowest BCUT2D eigenvalue weighted by Gasteiger charge is -2.29. The van der Waals surface area contributed by atoms with Gasteiger partial charge in [-0.2, -0.15) is 0 Å². The van der Waals surface area contributed by atoms with Crippen LogP contribution in [0.25, 0.3) is 10.8 Å². The molecule has 5 rings (SSSR count). The van der Waals surface area contributed by atoms with Crippen molar-refractivity contribution in [3.05, 3.63) is 108 Å². The smallest absolute Gasteiger partial charge is 0.261 e. The normalized spacial score (nSPS) is 12.7. The van der Waals surface area contributed by atoms with Gasteiger partial charge in [0, 0.05) is 46.9 Å². The van der Waals surface area contributed by atoms with Crippen molar-refractivity contribution >= 4 is 34.2 Å². The van der Waals surface area contributed by atoms with E-state index in [0.29, 0.717) is 46.5 Å². The highest BCUT2D eigenvalue weighted by atomic mass is 16.5. The topological polar surface area (TPSA) is 66.9 Å². The molecule has 0 aromatic heterocycles. The summed E-state index contributed by atoms with van der Waals surface area (Å²) in [5, 5.41) is 1.58. The van der Waals surface area contributed by atoms with E-state index in [1.165, 1.54) is 4.90 Å². The second-order valence-corrected chi connectivity index (χ2v) is 8.35. The molecule has 0 N–H and O–H groups in total. The van der Waals surface area contributed by atoms with Crippen molar-refractivity contribution in [3.8, 4) is 5.75 Å². The second-order valence-electron chi connectivity index (χ2n) is 8.35. The Morgan fingerprint density at radius 1 is 0.829 bits per heavy atom. The number of amides is 3. The maximum atomic E-state index is 13.4. The van der Waals surface area contributed by atoms with Gasteiger partial charge in [-0.05, 0) is 48.2 Å². The van der Waals surface area contributed by atoms with Gasteiger partial charge in [-0.1, -0.05) is 48.5 Å². The largest absolute Gasteiger partial charge is 0.497 e. The number of anilines is 1. The fraction of sp³-hybridized carbons (Fsp3) is 0.138. The van der Waals surface area contributed by atoms with Gasteiger partial charge in [-0.15, -0.1) is 0 Å². The van der Waals surface area contributed by atoms with E-state index in [9.17, 15) is 14.4 Å².